The van der Waals surface area contributed by atoms with Crippen molar-refractivity contribution in [2.75, 3.05) is 11.9 Å². The largest absolute Gasteiger partial charge is 0.384 e. The van der Waals surface area contributed by atoms with E-state index in [9.17, 15) is 4.79 Å². The SMILES string of the molecule is Cn1cnnc1CCNc1ccnc(C(N)=O)c1. The summed E-state index contributed by atoms with van der Waals surface area (Å²) < 4.78 is 1.86. The monoisotopic (exact) mass is 246 g/mol. The minimum atomic E-state index is -0.535. The molecule has 0 fully saturated rings. The molecule has 2 rings (SSSR count). The number of carbonyl (C=O) groups is 1. The zero-order chi connectivity index (χ0) is 13.0. The van der Waals surface area contributed by atoms with E-state index in [0.29, 0.717) is 6.54 Å². The Hall–Kier alpha value is -2.44. The summed E-state index contributed by atoms with van der Waals surface area (Å²) in [7, 11) is 1.90. The summed E-state index contributed by atoms with van der Waals surface area (Å²) in [6.07, 6.45) is 3.95. The van der Waals surface area contributed by atoms with E-state index >= 15 is 0 Å². The molecule has 94 valence electrons. The van der Waals surface area contributed by atoms with Gasteiger partial charge in [-0.1, -0.05) is 0 Å². The molecule has 18 heavy (non-hydrogen) atoms. The predicted molar refractivity (Wildman–Crippen MR) is 66.0 cm³/mol. The Bertz CT molecular complexity index is 550. The standard InChI is InChI=1S/C11H14N6O/c1-17-7-15-16-10(17)3-5-13-8-2-4-14-9(6-8)11(12)18/h2,4,6-7H,3,5H2,1H3,(H2,12,18)(H,13,14). The van der Waals surface area contributed by atoms with Gasteiger partial charge in [-0.15, -0.1) is 10.2 Å². The van der Waals surface area contributed by atoms with Crippen molar-refractivity contribution in [2.45, 2.75) is 6.42 Å². The minimum Gasteiger partial charge on any atom is -0.384 e. The van der Waals surface area contributed by atoms with Crippen molar-refractivity contribution in [2.24, 2.45) is 12.8 Å². The number of hydrogen-bond acceptors (Lipinski definition) is 5. The van der Waals surface area contributed by atoms with Gasteiger partial charge in [-0.2, -0.15) is 0 Å². The third kappa shape index (κ3) is 2.82. The van der Waals surface area contributed by atoms with Gasteiger partial charge >= 0.3 is 0 Å². The average molecular weight is 246 g/mol. The van der Waals surface area contributed by atoms with Crippen LogP contribution in [0.25, 0.3) is 0 Å². The van der Waals surface area contributed by atoms with E-state index in [1.165, 1.54) is 0 Å². The lowest BCUT2D eigenvalue weighted by Gasteiger charge is -2.06. The second-order valence-electron chi connectivity index (χ2n) is 3.83. The highest BCUT2D eigenvalue weighted by atomic mass is 16.1. The fourth-order valence-electron chi connectivity index (χ4n) is 1.53. The fraction of sp³-hybridized carbons (Fsp3) is 0.273. The van der Waals surface area contributed by atoms with Crippen LogP contribution in [-0.4, -0.2) is 32.2 Å². The van der Waals surface area contributed by atoms with Crippen LogP contribution in [0.3, 0.4) is 0 Å². The number of rotatable bonds is 5. The van der Waals surface area contributed by atoms with Gasteiger partial charge in [0.1, 0.15) is 17.8 Å². The van der Waals surface area contributed by atoms with Gasteiger partial charge in [0, 0.05) is 31.9 Å². The topological polar surface area (TPSA) is 98.7 Å². The molecule has 2 aromatic rings. The summed E-state index contributed by atoms with van der Waals surface area (Å²) >= 11 is 0. The number of amides is 1. The van der Waals surface area contributed by atoms with E-state index in [-0.39, 0.29) is 5.69 Å². The molecule has 0 saturated carbocycles. The smallest absolute Gasteiger partial charge is 0.267 e. The van der Waals surface area contributed by atoms with Crippen molar-refractivity contribution in [1.82, 2.24) is 19.7 Å². The van der Waals surface area contributed by atoms with Crippen molar-refractivity contribution in [3.63, 3.8) is 0 Å². The van der Waals surface area contributed by atoms with Crippen LogP contribution in [-0.2, 0) is 13.5 Å². The predicted octanol–water partition coefficient (Wildman–Crippen LogP) is -0.0364. The molecule has 0 aromatic carbocycles. The number of anilines is 1. The maximum atomic E-state index is 11.0. The van der Waals surface area contributed by atoms with Crippen LogP contribution >= 0.6 is 0 Å². The molecule has 1 amide bonds. The highest BCUT2D eigenvalue weighted by molar-refractivity contribution is 5.91. The Labute approximate surface area is 104 Å². The van der Waals surface area contributed by atoms with Gasteiger partial charge in [-0.25, -0.2) is 0 Å². The molecule has 7 nitrogen and oxygen atoms in total. The van der Waals surface area contributed by atoms with Gasteiger partial charge in [-0.3, -0.25) is 9.78 Å². The van der Waals surface area contributed by atoms with E-state index < -0.39 is 5.91 Å². The van der Waals surface area contributed by atoms with Gasteiger partial charge in [0.2, 0.25) is 0 Å². The molecule has 0 bridgehead atoms. The molecule has 2 aromatic heterocycles. The summed E-state index contributed by atoms with van der Waals surface area (Å²) in [6, 6.07) is 3.40. The van der Waals surface area contributed by atoms with E-state index in [2.05, 4.69) is 20.5 Å². The van der Waals surface area contributed by atoms with E-state index in [4.69, 9.17) is 5.73 Å². The van der Waals surface area contributed by atoms with Gasteiger partial charge in [0.05, 0.1) is 0 Å². The number of carbonyl (C=O) groups excluding carboxylic acids is 1. The number of nitrogens with one attached hydrogen (secondary N) is 1. The molecule has 0 aliphatic rings. The van der Waals surface area contributed by atoms with Crippen molar-refractivity contribution in [3.8, 4) is 0 Å². The number of nitrogens with two attached hydrogens (primary N) is 1. The molecule has 0 aliphatic heterocycles. The Balaban J connectivity index is 1.92. The van der Waals surface area contributed by atoms with Gasteiger partial charge in [0.15, 0.2) is 0 Å². The Morgan fingerprint density at radius 3 is 3.06 bits per heavy atom. The number of pyridine rings is 1. The highest BCUT2D eigenvalue weighted by Gasteiger charge is 2.03. The van der Waals surface area contributed by atoms with Gasteiger partial charge in [0.25, 0.3) is 5.91 Å². The van der Waals surface area contributed by atoms with Crippen molar-refractivity contribution < 1.29 is 4.79 Å². The molecule has 0 saturated heterocycles. The van der Waals surface area contributed by atoms with Crippen LogP contribution in [0.1, 0.15) is 16.3 Å². The third-order valence-corrected chi connectivity index (χ3v) is 2.50. The molecule has 0 radical (unpaired) electrons. The summed E-state index contributed by atoms with van der Waals surface area (Å²) in [5.74, 6) is 0.360. The first-order valence-corrected chi connectivity index (χ1v) is 5.49. The normalized spacial score (nSPS) is 10.3. The van der Waals surface area contributed by atoms with E-state index in [1.807, 2.05) is 11.6 Å². The lowest BCUT2D eigenvalue weighted by Crippen LogP contribution is -2.14. The fourth-order valence-corrected chi connectivity index (χ4v) is 1.53. The zero-order valence-electron chi connectivity index (χ0n) is 10.00. The molecular weight excluding hydrogens is 232 g/mol. The van der Waals surface area contributed by atoms with Crippen LogP contribution in [0.5, 0.6) is 0 Å². The second-order valence-corrected chi connectivity index (χ2v) is 3.83. The number of primary amides is 1. The van der Waals surface area contributed by atoms with Crippen LogP contribution in [0, 0.1) is 0 Å². The van der Waals surface area contributed by atoms with E-state index in [1.54, 1.807) is 24.7 Å². The second kappa shape index (κ2) is 5.26. The molecule has 0 aliphatic carbocycles. The van der Waals surface area contributed by atoms with Crippen molar-refractivity contribution in [1.29, 1.82) is 0 Å². The molecule has 0 spiro atoms. The molecule has 2 heterocycles. The number of nitrogens with zero attached hydrogens (tertiary/aromatic N) is 4. The van der Waals surface area contributed by atoms with Gasteiger partial charge in [-0.05, 0) is 12.1 Å². The third-order valence-electron chi connectivity index (χ3n) is 2.50. The maximum absolute atomic E-state index is 11.0. The minimum absolute atomic E-state index is 0.249. The lowest BCUT2D eigenvalue weighted by atomic mass is 10.3. The number of hydrogen-bond donors (Lipinski definition) is 2. The lowest BCUT2D eigenvalue weighted by molar-refractivity contribution is 0.0995. The Morgan fingerprint density at radius 1 is 1.56 bits per heavy atom. The summed E-state index contributed by atoms with van der Waals surface area (Å²) in [4.78, 5) is 14.8. The van der Waals surface area contributed by atoms with Crippen LogP contribution < -0.4 is 11.1 Å². The summed E-state index contributed by atoms with van der Waals surface area (Å²) in [6.45, 7) is 0.689. The Kier molecular flexibility index (Phi) is 3.52. The van der Waals surface area contributed by atoms with Crippen molar-refractivity contribution >= 4 is 11.6 Å². The molecular formula is C11H14N6O. The van der Waals surface area contributed by atoms with Crippen LogP contribution in [0.15, 0.2) is 24.7 Å². The van der Waals surface area contributed by atoms with Crippen LogP contribution in [0.4, 0.5) is 5.69 Å². The highest BCUT2D eigenvalue weighted by Crippen LogP contribution is 2.07. The molecule has 7 heteroatoms. The molecule has 0 unspecified atom stereocenters. The molecule has 3 N–H and O–H groups in total. The first kappa shape index (κ1) is 12.0. The quantitative estimate of drug-likeness (QED) is 0.771. The summed E-state index contributed by atoms with van der Waals surface area (Å²) in [5, 5.41) is 11.0. The van der Waals surface area contributed by atoms with Gasteiger partial charge < -0.3 is 15.6 Å². The maximum Gasteiger partial charge on any atom is 0.267 e. The van der Waals surface area contributed by atoms with Crippen LogP contribution in [0.2, 0.25) is 0 Å². The Morgan fingerprint density at radius 2 is 2.39 bits per heavy atom. The van der Waals surface area contributed by atoms with E-state index in [0.717, 1.165) is 17.9 Å². The average Bonchev–Trinajstić information content (AvgIpc) is 2.76. The zero-order valence-corrected chi connectivity index (χ0v) is 10.00. The number of aromatic nitrogens is 4. The number of aryl methyl sites for hydroxylation is 1. The first-order chi connectivity index (χ1) is 8.66. The molecule has 0 atom stereocenters. The first-order valence-electron chi connectivity index (χ1n) is 5.49. The summed E-state index contributed by atoms with van der Waals surface area (Å²) in [5.41, 5.74) is 6.21. The van der Waals surface area contributed by atoms with Crippen molar-refractivity contribution in [3.05, 3.63) is 36.2 Å².